The van der Waals surface area contributed by atoms with Gasteiger partial charge < -0.3 is 9.47 Å². The van der Waals surface area contributed by atoms with E-state index in [9.17, 15) is 4.79 Å². The Morgan fingerprint density at radius 3 is 2.32 bits per heavy atom. The van der Waals surface area contributed by atoms with Crippen molar-refractivity contribution in [1.82, 2.24) is 0 Å². The molecule has 0 bridgehead atoms. The van der Waals surface area contributed by atoms with Gasteiger partial charge >= 0.3 is 5.97 Å². The first-order chi connectivity index (χ1) is 9.07. The maximum Gasteiger partial charge on any atom is 0.333 e. The van der Waals surface area contributed by atoms with Crippen LogP contribution in [0.25, 0.3) is 0 Å². The summed E-state index contributed by atoms with van der Waals surface area (Å²) in [5, 5.41) is 0. The molecule has 0 saturated carbocycles. The van der Waals surface area contributed by atoms with E-state index in [-0.39, 0.29) is 5.97 Å². The Hall–Kier alpha value is -0.350. The lowest BCUT2D eigenvalue weighted by Gasteiger charge is -2.08. The molecule has 0 radical (unpaired) electrons. The summed E-state index contributed by atoms with van der Waals surface area (Å²) in [5.41, 5.74) is 0.473. The van der Waals surface area contributed by atoms with Crippen molar-refractivity contribution in [3.05, 3.63) is 12.2 Å². The van der Waals surface area contributed by atoms with Crippen LogP contribution in [-0.4, -0.2) is 31.1 Å². The van der Waals surface area contributed by atoms with Gasteiger partial charge in [-0.3, -0.25) is 0 Å². The highest BCUT2D eigenvalue weighted by molar-refractivity contribution is 9.09. The summed E-state index contributed by atoms with van der Waals surface area (Å²) in [6, 6.07) is 0. The van der Waals surface area contributed by atoms with Gasteiger partial charge in [-0.25, -0.2) is 4.79 Å². The van der Waals surface area contributed by atoms with Crippen LogP contribution in [-0.2, 0) is 14.3 Å². The second-order valence-electron chi connectivity index (χ2n) is 4.88. The fourth-order valence-corrected chi connectivity index (χ4v) is 2.32. The summed E-state index contributed by atoms with van der Waals surface area (Å²) in [6.45, 7) is 6.52. The van der Waals surface area contributed by atoms with Gasteiger partial charge in [0, 0.05) is 17.5 Å². The molecule has 1 atom stereocenters. The lowest BCUT2D eigenvalue weighted by Crippen LogP contribution is -2.06. The molecular weight excluding hydrogens is 308 g/mol. The minimum atomic E-state index is -0.276. The molecule has 0 aliphatic rings. The maximum absolute atomic E-state index is 11.1. The average Bonchev–Trinajstić information content (AvgIpc) is 2.36. The molecule has 0 spiro atoms. The van der Waals surface area contributed by atoms with Crippen LogP contribution in [0.5, 0.6) is 0 Å². The molecule has 19 heavy (non-hydrogen) atoms. The summed E-state index contributed by atoms with van der Waals surface area (Å²) >= 11 is 3.59. The van der Waals surface area contributed by atoms with Crippen molar-refractivity contribution in [3.63, 3.8) is 0 Å². The summed E-state index contributed by atoms with van der Waals surface area (Å²) in [7, 11) is 1.73. The van der Waals surface area contributed by atoms with E-state index in [0.717, 1.165) is 19.4 Å². The fraction of sp³-hybridized carbons (Fsp3) is 0.800. The SMILES string of the molecule is C=C(C)C(=O)OCCCCCCCCC(Br)COC. The Kier molecular flexibility index (Phi) is 12.4. The molecule has 0 aromatic heterocycles. The van der Waals surface area contributed by atoms with Crippen molar-refractivity contribution in [2.24, 2.45) is 0 Å². The first-order valence-electron chi connectivity index (χ1n) is 7.03. The predicted molar refractivity (Wildman–Crippen MR) is 82.7 cm³/mol. The topological polar surface area (TPSA) is 35.5 Å². The summed E-state index contributed by atoms with van der Waals surface area (Å²) in [4.78, 5) is 11.6. The number of ether oxygens (including phenoxy) is 2. The normalized spacial score (nSPS) is 12.2. The van der Waals surface area contributed by atoms with Crippen molar-refractivity contribution in [2.75, 3.05) is 20.3 Å². The van der Waals surface area contributed by atoms with Gasteiger partial charge in [-0.05, 0) is 19.8 Å². The van der Waals surface area contributed by atoms with Gasteiger partial charge in [-0.2, -0.15) is 0 Å². The van der Waals surface area contributed by atoms with E-state index in [1.807, 2.05) is 0 Å². The van der Waals surface area contributed by atoms with E-state index >= 15 is 0 Å². The lowest BCUT2D eigenvalue weighted by molar-refractivity contribution is -0.139. The van der Waals surface area contributed by atoms with Crippen molar-refractivity contribution in [2.45, 2.75) is 56.7 Å². The second-order valence-corrected chi connectivity index (χ2v) is 6.17. The molecule has 0 aromatic carbocycles. The van der Waals surface area contributed by atoms with E-state index < -0.39 is 0 Å². The first kappa shape index (κ1) is 18.7. The highest BCUT2D eigenvalue weighted by Crippen LogP contribution is 2.13. The number of esters is 1. The van der Waals surface area contributed by atoms with Crippen LogP contribution in [0, 0.1) is 0 Å². The highest BCUT2D eigenvalue weighted by atomic mass is 79.9. The van der Waals surface area contributed by atoms with Crippen molar-refractivity contribution in [3.8, 4) is 0 Å². The molecule has 3 nitrogen and oxygen atoms in total. The van der Waals surface area contributed by atoms with Gasteiger partial charge in [0.25, 0.3) is 0 Å². The number of hydrogen-bond donors (Lipinski definition) is 0. The lowest BCUT2D eigenvalue weighted by atomic mass is 10.1. The Balaban J connectivity index is 3.19. The van der Waals surface area contributed by atoms with E-state index in [1.165, 1.54) is 32.1 Å². The molecule has 0 heterocycles. The number of rotatable bonds is 12. The molecule has 1 unspecified atom stereocenters. The number of unbranched alkanes of at least 4 members (excludes halogenated alkanes) is 5. The number of alkyl halides is 1. The molecular formula is C15H27BrO3. The van der Waals surface area contributed by atoms with Crippen LogP contribution in [0.15, 0.2) is 12.2 Å². The molecule has 0 fully saturated rings. The minimum absolute atomic E-state index is 0.276. The zero-order valence-electron chi connectivity index (χ0n) is 12.3. The Morgan fingerprint density at radius 2 is 1.74 bits per heavy atom. The number of hydrogen-bond acceptors (Lipinski definition) is 3. The van der Waals surface area contributed by atoms with Gasteiger partial charge in [0.2, 0.25) is 0 Å². The molecule has 112 valence electrons. The van der Waals surface area contributed by atoms with Gasteiger partial charge in [0.15, 0.2) is 0 Å². The molecule has 0 N–H and O–H groups in total. The van der Waals surface area contributed by atoms with Crippen molar-refractivity contribution >= 4 is 21.9 Å². The van der Waals surface area contributed by atoms with Crippen LogP contribution in [0.2, 0.25) is 0 Å². The summed E-state index contributed by atoms with van der Waals surface area (Å²) in [6.07, 6.45) is 8.21. The smallest absolute Gasteiger partial charge is 0.333 e. The third kappa shape index (κ3) is 12.4. The Bertz CT molecular complexity index is 254. The number of carbonyl (C=O) groups excluding carboxylic acids is 1. The average molecular weight is 335 g/mol. The Labute approximate surface area is 125 Å². The van der Waals surface area contributed by atoms with E-state index in [4.69, 9.17) is 9.47 Å². The number of halogens is 1. The summed E-state index contributed by atoms with van der Waals surface area (Å²) in [5.74, 6) is -0.276. The molecule has 4 heteroatoms. The van der Waals surface area contributed by atoms with Gasteiger partial charge in [0.05, 0.1) is 13.2 Å². The van der Waals surface area contributed by atoms with Crippen molar-refractivity contribution in [1.29, 1.82) is 0 Å². The zero-order valence-corrected chi connectivity index (χ0v) is 13.8. The second kappa shape index (κ2) is 12.7. The van der Waals surface area contributed by atoms with E-state index in [2.05, 4.69) is 22.5 Å². The fourth-order valence-electron chi connectivity index (χ4n) is 1.73. The maximum atomic E-state index is 11.1. The molecule has 0 aliphatic heterocycles. The third-order valence-corrected chi connectivity index (χ3v) is 3.56. The van der Waals surface area contributed by atoms with Crippen LogP contribution in [0.3, 0.4) is 0 Å². The molecule has 0 amide bonds. The van der Waals surface area contributed by atoms with Crippen LogP contribution < -0.4 is 0 Å². The highest BCUT2D eigenvalue weighted by Gasteiger charge is 2.03. The van der Waals surface area contributed by atoms with Crippen LogP contribution in [0.1, 0.15) is 51.9 Å². The molecule has 0 aromatic rings. The van der Waals surface area contributed by atoms with E-state index in [0.29, 0.717) is 17.0 Å². The van der Waals surface area contributed by atoms with Crippen molar-refractivity contribution < 1.29 is 14.3 Å². The van der Waals surface area contributed by atoms with Crippen LogP contribution >= 0.6 is 15.9 Å². The Morgan fingerprint density at radius 1 is 1.16 bits per heavy atom. The van der Waals surface area contributed by atoms with Crippen LogP contribution in [0.4, 0.5) is 0 Å². The monoisotopic (exact) mass is 334 g/mol. The minimum Gasteiger partial charge on any atom is -0.462 e. The van der Waals surface area contributed by atoms with Gasteiger partial charge in [-0.1, -0.05) is 54.6 Å². The molecule has 0 aliphatic carbocycles. The summed E-state index contributed by atoms with van der Waals surface area (Å²) < 4.78 is 10.1. The first-order valence-corrected chi connectivity index (χ1v) is 7.95. The largest absolute Gasteiger partial charge is 0.462 e. The van der Waals surface area contributed by atoms with Gasteiger partial charge in [-0.15, -0.1) is 0 Å². The molecule has 0 saturated heterocycles. The third-order valence-electron chi connectivity index (χ3n) is 2.84. The zero-order chi connectivity index (χ0) is 14.5. The van der Waals surface area contributed by atoms with Gasteiger partial charge in [0.1, 0.15) is 0 Å². The van der Waals surface area contributed by atoms with E-state index in [1.54, 1.807) is 14.0 Å². The number of methoxy groups -OCH3 is 1. The standard InChI is InChI=1S/C15H27BrO3/c1-13(2)15(17)19-11-9-7-5-4-6-8-10-14(16)12-18-3/h14H,1,4-12H2,2-3H3. The molecule has 0 rings (SSSR count). The quantitative estimate of drug-likeness (QED) is 0.232. The number of carbonyl (C=O) groups is 1. The predicted octanol–water partition coefficient (Wildman–Crippen LogP) is 4.25.